The van der Waals surface area contributed by atoms with Crippen LogP contribution in [0, 0.1) is 0 Å². The minimum atomic E-state index is -3.38. The Balaban J connectivity index is 1.37. The lowest BCUT2D eigenvalue weighted by Gasteiger charge is -2.33. The summed E-state index contributed by atoms with van der Waals surface area (Å²) in [5.41, 5.74) is 3.61. The van der Waals surface area contributed by atoms with Crippen LogP contribution >= 0.6 is 0 Å². The molecule has 1 aliphatic heterocycles. The lowest BCUT2D eigenvalue weighted by atomic mass is 9.87. The van der Waals surface area contributed by atoms with Crippen molar-refractivity contribution >= 4 is 15.9 Å². The average molecular weight is 427 g/mol. The minimum absolute atomic E-state index is 0.130. The number of carbonyl (C=O) groups is 1. The molecule has 2 aromatic carbocycles. The van der Waals surface area contributed by atoms with E-state index < -0.39 is 10.0 Å². The van der Waals surface area contributed by atoms with Crippen LogP contribution < -0.4 is 0 Å². The molecule has 0 bridgehead atoms. The zero-order chi connectivity index (χ0) is 21.1. The Morgan fingerprint density at radius 2 is 1.73 bits per heavy atom. The number of sulfonamides is 1. The molecule has 1 aliphatic carbocycles. The summed E-state index contributed by atoms with van der Waals surface area (Å²) in [7, 11) is -1.48. The van der Waals surface area contributed by atoms with Crippen LogP contribution in [0.15, 0.2) is 53.4 Å². The summed E-state index contributed by atoms with van der Waals surface area (Å²) in [5, 5.41) is 0. The molecule has 1 unspecified atom stereocenters. The van der Waals surface area contributed by atoms with Gasteiger partial charge in [-0.1, -0.05) is 36.4 Å². The maximum atomic E-state index is 12.8. The molecule has 30 heavy (non-hydrogen) atoms. The van der Waals surface area contributed by atoms with Gasteiger partial charge in [-0.15, -0.1) is 0 Å². The molecule has 0 radical (unpaired) electrons. The summed E-state index contributed by atoms with van der Waals surface area (Å²) in [6.45, 7) is 1.21. The molecular weight excluding hydrogens is 396 g/mol. The highest BCUT2D eigenvalue weighted by Crippen LogP contribution is 2.33. The van der Waals surface area contributed by atoms with Gasteiger partial charge in [0.25, 0.3) is 0 Å². The smallest absolute Gasteiger partial charge is 0.243 e. The van der Waals surface area contributed by atoms with Crippen molar-refractivity contribution in [2.75, 3.05) is 20.1 Å². The van der Waals surface area contributed by atoms with Crippen molar-refractivity contribution in [1.29, 1.82) is 0 Å². The molecule has 1 saturated heterocycles. The zero-order valence-corrected chi connectivity index (χ0v) is 18.4. The maximum absolute atomic E-state index is 12.8. The van der Waals surface area contributed by atoms with E-state index in [1.165, 1.54) is 11.1 Å². The number of amides is 1. The average Bonchev–Trinajstić information content (AvgIpc) is 3.33. The molecule has 5 nitrogen and oxygen atoms in total. The Morgan fingerprint density at radius 1 is 1.03 bits per heavy atom. The molecule has 1 amide bonds. The van der Waals surface area contributed by atoms with Crippen LogP contribution in [-0.4, -0.2) is 43.7 Å². The van der Waals surface area contributed by atoms with Crippen LogP contribution in [0.25, 0.3) is 0 Å². The van der Waals surface area contributed by atoms with E-state index in [4.69, 9.17) is 0 Å². The number of nitrogens with zero attached hydrogens (tertiary/aromatic N) is 2. The molecule has 2 aromatic rings. The zero-order valence-electron chi connectivity index (χ0n) is 17.6. The third kappa shape index (κ3) is 4.30. The van der Waals surface area contributed by atoms with E-state index in [2.05, 4.69) is 18.2 Å². The Bertz CT molecular complexity index is 995. The predicted molar refractivity (Wildman–Crippen MR) is 118 cm³/mol. The van der Waals surface area contributed by atoms with Gasteiger partial charge in [-0.25, -0.2) is 8.42 Å². The third-order valence-corrected chi connectivity index (χ3v) is 8.37. The number of aryl methyl sites for hydroxylation is 2. The molecule has 1 atom stereocenters. The van der Waals surface area contributed by atoms with E-state index in [9.17, 15) is 13.2 Å². The lowest BCUT2D eigenvalue weighted by Crippen LogP contribution is -2.33. The first-order valence-electron chi connectivity index (χ1n) is 10.9. The van der Waals surface area contributed by atoms with E-state index in [1.807, 2.05) is 30.1 Å². The van der Waals surface area contributed by atoms with Crippen LogP contribution in [-0.2, 0) is 27.7 Å². The SMILES string of the molecule is CN(C(=O)CCc1ccc(S(=O)(=O)N2CCCC2)cc1)C1CCCc2ccccc21. The first-order chi connectivity index (χ1) is 14.5. The monoisotopic (exact) mass is 426 g/mol. The first kappa shape index (κ1) is 21.1. The minimum Gasteiger partial charge on any atom is -0.339 e. The molecule has 0 saturated carbocycles. The molecule has 1 fully saturated rings. The summed E-state index contributed by atoms with van der Waals surface area (Å²) in [6.07, 6.45) is 6.09. The number of benzene rings is 2. The van der Waals surface area contributed by atoms with Crippen LogP contribution in [0.2, 0.25) is 0 Å². The quantitative estimate of drug-likeness (QED) is 0.703. The topological polar surface area (TPSA) is 57.7 Å². The number of hydrogen-bond acceptors (Lipinski definition) is 3. The fraction of sp³-hybridized carbons (Fsp3) is 0.458. The Kier molecular flexibility index (Phi) is 6.25. The van der Waals surface area contributed by atoms with Gasteiger partial charge in [-0.05, 0) is 67.3 Å². The largest absolute Gasteiger partial charge is 0.339 e. The standard InChI is InChI=1S/C24H30N2O3S/c1-25(23-10-6-8-20-7-2-3-9-22(20)23)24(27)16-13-19-11-14-21(15-12-19)30(28,29)26-17-4-5-18-26/h2-3,7,9,11-12,14-15,23H,4-6,8,10,13,16-18H2,1H3. The lowest BCUT2D eigenvalue weighted by molar-refractivity contribution is -0.132. The number of carbonyl (C=O) groups excluding carboxylic acids is 1. The molecule has 0 spiro atoms. The Hall–Kier alpha value is -2.18. The van der Waals surface area contributed by atoms with Crippen LogP contribution in [0.5, 0.6) is 0 Å². The molecule has 160 valence electrons. The van der Waals surface area contributed by atoms with Gasteiger partial charge in [-0.2, -0.15) is 4.31 Å². The summed E-state index contributed by atoms with van der Waals surface area (Å²) >= 11 is 0. The van der Waals surface area contributed by atoms with Crippen molar-refractivity contribution in [2.24, 2.45) is 0 Å². The number of hydrogen-bond donors (Lipinski definition) is 0. The Morgan fingerprint density at radius 3 is 2.47 bits per heavy atom. The van der Waals surface area contributed by atoms with Gasteiger partial charge in [0.15, 0.2) is 0 Å². The highest BCUT2D eigenvalue weighted by Gasteiger charge is 2.28. The molecule has 0 N–H and O–H groups in total. The van der Waals surface area contributed by atoms with Crippen LogP contribution in [0.4, 0.5) is 0 Å². The van der Waals surface area contributed by atoms with Crippen LogP contribution in [0.1, 0.15) is 54.8 Å². The predicted octanol–water partition coefficient (Wildman–Crippen LogP) is 3.94. The summed E-state index contributed by atoms with van der Waals surface area (Å²) in [6, 6.07) is 15.6. The second-order valence-corrected chi connectivity index (χ2v) is 10.3. The highest BCUT2D eigenvalue weighted by molar-refractivity contribution is 7.89. The van der Waals surface area contributed by atoms with E-state index in [0.717, 1.165) is 37.7 Å². The summed E-state index contributed by atoms with van der Waals surface area (Å²) in [4.78, 5) is 15.1. The van der Waals surface area contributed by atoms with E-state index in [-0.39, 0.29) is 11.9 Å². The molecule has 2 aliphatic rings. The van der Waals surface area contributed by atoms with Gasteiger partial charge in [-0.3, -0.25) is 4.79 Å². The van der Waals surface area contributed by atoms with Crippen molar-refractivity contribution in [2.45, 2.75) is 55.9 Å². The van der Waals surface area contributed by atoms with Crippen molar-refractivity contribution in [1.82, 2.24) is 9.21 Å². The Labute approximate surface area is 179 Å². The van der Waals surface area contributed by atoms with Gasteiger partial charge in [0.1, 0.15) is 0 Å². The van der Waals surface area contributed by atoms with Gasteiger partial charge >= 0.3 is 0 Å². The molecule has 1 heterocycles. The molecule has 4 rings (SSSR count). The van der Waals surface area contributed by atoms with Gasteiger partial charge in [0.05, 0.1) is 10.9 Å². The van der Waals surface area contributed by atoms with Crippen molar-refractivity contribution < 1.29 is 13.2 Å². The summed E-state index contributed by atoms with van der Waals surface area (Å²) in [5.74, 6) is 0.130. The maximum Gasteiger partial charge on any atom is 0.243 e. The first-order valence-corrected chi connectivity index (χ1v) is 12.3. The number of rotatable bonds is 6. The third-order valence-electron chi connectivity index (χ3n) is 6.45. The number of fused-ring (bicyclic) bond motifs is 1. The fourth-order valence-corrected chi connectivity index (χ4v) is 6.15. The second kappa shape index (κ2) is 8.90. The van der Waals surface area contributed by atoms with Gasteiger partial charge < -0.3 is 4.90 Å². The molecule has 0 aromatic heterocycles. The van der Waals surface area contributed by atoms with Crippen LogP contribution in [0.3, 0.4) is 0 Å². The van der Waals surface area contributed by atoms with Gasteiger partial charge in [0.2, 0.25) is 15.9 Å². The molecular formula is C24H30N2O3S. The highest BCUT2D eigenvalue weighted by atomic mass is 32.2. The van der Waals surface area contributed by atoms with Crippen molar-refractivity contribution in [3.05, 3.63) is 65.2 Å². The van der Waals surface area contributed by atoms with Crippen molar-refractivity contribution in [3.8, 4) is 0 Å². The van der Waals surface area contributed by atoms with E-state index in [1.54, 1.807) is 16.4 Å². The van der Waals surface area contributed by atoms with E-state index >= 15 is 0 Å². The van der Waals surface area contributed by atoms with Crippen molar-refractivity contribution in [3.63, 3.8) is 0 Å². The fourth-order valence-electron chi connectivity index (χ4n) is 4.64. The van der Waals surface area contributed by atoms with E-state index in [0.29, 0.717) is 30.8 Å². The summed E-state index contributed by atoms with van der Waals surface area (Å²) < 4.78 is 26.8. The second-order valence-electron chi connectivity index (χ2n) is 8.37. The molecule has 6 heteroatoms. The normalized spacial score (nSPS) is 19.4. The van der Waals surface area contributed by atoms with Gasteiger partial charge in [0, 0.05) is 26.6 Å².